The largest absolute Gasteiger partial charge is 0.454 e. The summed E-state index contributed by atoms with van der Waals surface area (Å²) < 4.78 is 55.4. The van der Waals surface area contributed by atoms with Crippen LogP contribution >= 0.6 is 0 Å². The molecule has 2 N–H and O–H groups in total. The monoisotopic (exact) mass is 540 g/mol. The number of hydrogen-bond acceptors (Lipinski definition) is 7. The second-order valence-electron chi connectivity index (χ2n) is 10.3. The summed E-state index contributed by atoms with van der Waals surface area (Å²) >= 11 is 0. The molecule has 1 aliphatic rings. The summed E-state index contributed by atoms with van der Waals surface area (Å²) in [4.78, 5) is 22.8. The number of rotatable bonds is 5. The highest BCUT2D eigenvalue weighted by molar-refractivity contribution is 5.98. The van der Waals surface area contributed by atoms with Crippen LogP contribution in [-0.2, 0) is 11.3 Å². The van der Waals surface area contributed by atoms with Gasteiger partial charge in [0.15, 0.2) is 17.2 Å². The molecule has 3 heterocycles. The van der Waals surface area contributed by atoms with Crippen molar-refractivity contribution in [3.8, 4) is 22.8 Å². The van der Waals surface area contributed by atoms with Gasteiger partial charge in [-0.2, -0.15) is 9.49 Å². The maximum absolute atomic E-state index is 15.4. The Kier molecular flexibility index (Phi) is 6.79. The highest BCUT2D eigenvalue weighted by Crippen LogP contribution is 2.35. The molecule has 0 spiro atoms. The Morgan fingerprint density at radius 1 is 1.13 bits per heavy atom. The van der Waals surface area contributed by atoms with Gasteiger partial charge in [-0.3, -0.25) is 0 Å². The molecule has 2 aromatic carbocycles. The van der Waals surface area contributed by atoms with E-state index < -0.39 is 29.1 Å². The van der Waals surface area contributed by atoms with Crippen molar-refractivity contribution in [3.05, 3.63) is 60.2 Å². The Morgan fingerprint density at radius 3 is 2.67 bits per heavy atom. The molecule has 39 heavy (non-hydrogen) atoms. The lowest BCUT2D eigenvalue weighted by molar-refractivity contribution is 0.0212. The number of aromatic nitrogens is 4. The molecule has 0 aliphatic carbocycles. The minimum atomic E-state index is -1.18. The first-order valence-corrected chi connectivity index (χ1v) is 12.4. The van der Waals surface area contributed by atoms with Crippen LogP contribution in [0.25, 0.3) is 22.3 Å². The van der Waals surface area contributed by atoms with E-state index in [2.05, 4.69) is 15.1 Å². The first kappa shape index (κ1) is 26.3. The number of benzene rings is 2. The lowest BCUT2D eigenvalue weighted by Crippen LogP contribution is -2.41. The molecule has 0 bridgehead atoms. The van der Waals surface area contributed by atoms with Crippen molar-refractivity contribution in [1.29, 1.82) is 0 Å². The van der Waals surface area contributed by atoms with Crippen LogP contribution in [0.5, 0.6) is 11.5 Å². The van der Waals surface area contributed by atoms with E-state index in [1.165, 1.54) is 30.6 Å². The predicted octanol–water partition coefficient (Wildman–Crippen LogP) is 5.68. The summed E-state index contributed by atoms with van der Waals surface area (Å²) in [6.07, 6.45) is 2.41. The molecule has 4 aromatic rings. The average Bonchev–Trinajstić information content (AvgIpc) is 3.47. The molecule has 1 unspecified atom stereocenters. The quantitative estimate of drug-likeness (QED) is 0.347. The average molecular weight is 541 g/mol. The molecule has 5 rings (SSSR count). The van der Waals surface area contributed by atoms with Gasteiger partial charge in [0, 0.05) is 18.2 Å². The number of halogens is 3. The van der Waals surface area contributed by atoms with Crippen LogP contribution in [0.2, 0.25) is 0 Å². The minimum absolute atomic E-state index is 0.0346. The molecular formula is C27H27F3N6O3. The van der Waals surface area contributed by atoms with Gasteiger partial charge >= 0.3 is 6.09 Å². The van der Waals surface area contributed by atoms with Gasteiger partial charge in [0.1, 0.15) is 35.0 Å². The lowest BCUT2D eigenvalue weighted by Gasteiger charge is -2.28. The van der Waals surface area contributed by atoms with Crippen molar-refractivity contribution in [2.75, 3.05) is 12.3 Å². The fourth-order valence-corrected chi connectivity index (χ4v) is 4.57. The third-order valence-corrected chi connectivity index (χ3v) is 6.29. The van der Waals surface area contributed by atoms with E-state index in [0.29, 0.717) is 17.6 Å². The van der Waals surface area contributed by atoms with Crippen molar-refractivity contribution in [1.82, 2.24) is 24.6 Å². The number of ether oxygens (including phenoxy) is 2. The molecule has 1 saturated heterocycles. The van der Waals surface area contributed by atoms with Gasteiger partial charge in [0.2, 0.25) is 5.82 Å². The van der Waals surface area contributed by atoms with Gasteiger partial charge < -0.3 is 20.1 Å². The zero-order chi connectivity index (χ0) is 27.9. The summed E-state index contributed by atoms with van der Waals surface area (Å²) in [5.74, 6) is -3.28. The third kappa shape index (κ3) is 5.31. The third-order valence-electron chi connectivity index (χ3n) is 6.29. The molecule has 0 radical (unpaired) electrons. The van der Waals surface area contributed by atoms with Crippen molar-refractivity contribution >= 4 is 22.9 Å². The highest BCUT2D eigenvalue weighted by atomic mass is 19.2. The fourth-order valence-electron chi connectivity index (χ4n) is 4.57. The number of hydrogen-bond donors (Lipinski definition) is 1. The SMILES string of the molecule is CC(C)(C)OC(=O)N1CCCC1Cn1nc(-c2ccc(Oc3cccc(F)c3F)cc2F)c2c(N)ncnc21. The van der Waals surface area contributed by atoms with E-state index in [0.717, 1.165) is 25.0 Å². The molecule has 1 atom stereocenters. The van der Waals surface area contributed by atoms with Crippen molar-refractivity contribution in [2.24, 2.45) is 0 Å². The second-order valence-corrected chi connectivity index (χ2v) is 10.3. The standard InChI is InChI=1S/C27H27F3N6O3/c1-27(2,3)39-26(37)35-11-5-6-15(35)13-36-25-21(24(31)32-14-33-25)23(34-36)17-10-9-16(12-19(17)29)38-20-8-4-7-18(28)22(20)30/h4,7-10,12,14-15H,5-6,11,13H2,1-3H3,(H2,31,32,33). The minimum Gasteiger partial charge on any atom is -0.454 e. The number of nitrogens with two attached hydrogens (primary N) is 1. The predicted molar refractivity (Wildman–Crippen MR) is 138 cm³/mol. The smallest absolute Gasteiger partial charge is 0.410 e. The number of amides is 1. The second kappa shape index (κ2) is 10.1. The zero-order valence-electron chi connectivity index (χ0n) is 21.6. The first-order valence-electron chi connectivity index (χ1n) is 12.4. The van der Waals surface area contributed by atoms with Crippen LogP contribution in [0.3, 0.4) is 0 Å². The van der Waals surface area contributed by atoms with E-state index >= 15 is 4.39 Å². The molecule has 204 valence electrons. The number of likely N-dealkylation sites (tertiary alicyclic amines) is 1. The molecule has 1 aliphatic heterocycles. The molecule has 9 nitrogen and oxygen atoms in total. The van der Waals surface area contributed by atoms with Gasteiger partial charge in [-0.1, -0.05) is 6.07 Å². The normalized spacial score (nSPS) is 15.6. The molecule has 1 fully saturated rings. The molecule has 12 heteroatoms. The summed E-state index contributed by atoms with van der Waals surface area (Å²) in [5.41, 5.74) is 6.20. The number of carbonyl (C=O) groups excluding carboxylic acids is 1. The Labute approximate surface area is 222 Å². The van der Waals surface area contributed by atoms with Crippen molar-refractivity contribution < 1.29 is 27.4 Å². The van der Waals surface area contributed by atoms with Crippen LogP contribution in [0, 0.1) is 17.5 Å². The van der Waals surface area contributed by atoms with Gasteiger partial charge in [-0.05, 0) is 57.9 Å². The maximum atomic E-state index is 15.4. The number of fused-ring (bicyclic) bond motifs is 1. The van der Waals surface area contributed by atoms with E-state index in [-0.39, 0.29) is 41.2 Å². The van der Waals surface area contributed by atoms with Crippen LogP contribution in [-0.4, -0.2) is 48.9 Å². The lowest BCUT2D eigenvalue weighted by atomic mass is 10.1. The Bertz CT molecular complexity index is 1550. The van der Waals surface area contributed by atoms with Crippen LogP contribution in [0.15, 0.2) is 42.7 Å². The van der Waals surface area contributed by atoms with Gasteiger partial charge in [-0.15, -0.1) is 0 Å². The zero-order valence-corrected chi connectivity index (χ0v) is 21.6. The highest BCUT2D eigenvalue weighted by Gasteiger charge is 2.33. The fraction of sp³-hybridized carbons (Fsp3) is 0.333. The Balaban J connectivity index is 1.47. The summed E-state index contributed by atoms with van der Waals surface area (Å²) in [6, 6.07) is 7.13. The summed E-state index contributed by atoms with van der Waals surface area (Å²) in [7, 11) is 0. The molecular weight excluding hydrogens is 513 g/mol. The number of carbonyl (C=O) groups is 1. The molecule has 0 saturated carbocycles. The van der Waals surface area contributed by atoms with E-state index in [1.54, 1.807) is 9.58 Å². The maximum Gasteiger partial charge on any atom is 0.410 e. The molecule has 2 aromatic heterocycles. The van der Waals surface area contributed by atoms with Crippen molar-refractivity contribution in [3.63, 3.8) is 0 Å². The summed E-state index contributed by atoms with van der Waals surface area (Å²) in [6.45, 7) is 6.26. The number of nitrogen functional groups attached to an aromatic ring is 1. The van der Waals surface area contributed by atoms with Gasteiger partial charge in [0.05, 0.1) is 18.0 Å². The number of nitrogens with zero attached hydrogens (tertiary/aromatic N) is 5. The topological polar surface area (TPSA) is 108 Å². The van der Waals surface area contributed by atoms with E-state index in [4.69, 9.17) is 15.2 Å². The van der Waals surface area contributed by atoms with Crippen LogP contribution < -0.4 is 10.5 Å². The van der Waals surface area contributed by atoms with Crippen LogP contribution in [0.4, 0.5) is 23.8 Å². The first-order chi connectivity index (χ1) is 18.5. The Hall–Kier alpha value is -4.35. The van der Waals surface area contributed by atoms with Crippen molar-refractivity contribution in [2.45, 2.75) is 51.8 Å². The van der Waals surface area contributed by atoms with Crippen LogP contribution in [0.1, 0.15) is 33.6 Å². The number of anilines is 1. The summed E-state index contributed by atoms with van der Waals surface area (Å²) in [5, 5.41) is 4.97. The van der Waals surface area contributed by atoms with E-state index in [9.17, 15) is 13.6 Å². The van der Waals surface area contributed by atoms with Gasteiger partial charge in [-0.25, -0.2) is 28.2 Å². The Morgan fingerprint density at radius 2 is 1.92 bits per heavy atom. The van der Waals surface area contributed by atoms with E-state index in [1.807, 2.05) is 20.8 Å². The molecule has 1 amide bonds. The van der Waals surface area contributed by atoms with Gasteiger partial charge in [0.25, 0.3) is 0 Å².